The van der Waals surface area contributed by atoms with E-state index in [0.717, 1.165) is 11.1 Å². The zero-order valence-electron chi connectivity index (χ0n) is 23.3. The van der Waals surface area contributed by atoms with Crippen molar-refractivity contribution >= 4 is 27.8 Å². The molecule has 0 amide bonds. The van der Waals surface area contributed by atoms with Gasteiger partial charge in [-0.1, -0.05) is 83.9 Å². The average Bonchev–Trinajstić information content (AvgIpc) is 3.72. The molecule has 41 heavy (non-hydrogen) atoms. The Kier molecular flexibility index (Phi) is 8.07. The molecule has 6 rings (SSSR count). The molecule has 1 atom stereocenters. The van der Waals surface area contributed by atoms with Crippen molar-refractivity contribution in [3.63, 3.8) is 0 Å². The molecule has 0 aromatic heterocycles. The van der Waals surface area contributed by atoms with Crippen molar-refractivity contribution in [2.24, 2.45) is 0 Å². The largest absolute Gasteiger partial charge is 0.372 e. The lowest BCUT2D eigenvalue weighted by Gasteiger charge is -2.36. The number of nitrogens with zero attached hydrogens (tertiary/aromatic N) is 1. The summed E-state index contributed by atoms with van der Waals surface area (Å²) in [5.41, 5.74) is 2.00. The van der Waals surface area contributed by atoms with Crippen molar-refractivity contribution in [1.29, 1.82) is 0 Å². The van der Waals surface area contributed by atoms with Gasteiger partial charge < -0.3 is 18.8 Å². The molecule has 216 valence electrons. The molecule has 1 aliphatic carbocycles. The van der Waals surface area contributed by atoms with Crippen molar-refractivity contribution in [3.05, 3.63) is 101 Å². The molecule has 0 bridgehead atoms. The van der Waals surface area contributed by atoms with Crippen molar-refractivity contribution < 1.29 is 27.2 Å². The summed E-state index contributed by atoms with van der Waals surface area (Å²) in [6.07, 6.45) is 2.36. The standard InChI is InChI=1S/C32H36NO6PS/c1-25-12-14-30(15-13-25)41(35,36)33(22-27-24-37-27)23-31(26-16-18-32(19-17-26)38-20-21-39-32)40(34,28-8-4-2-5-9-28)29-10-6-3-7-11-29/h2-15,27H,16-24H2,1H3. The van der Waals surface area contributed by atoms with Crippen LogP contribution in [0.1, 0.15) is 31.2 Å². The van der Waals surface area contributed by atoms with Crippen LogP contribution in [0.3, 0.4) is 0 Å². The van der Waals surface area contributed by atoms with Crippen LogP contribution in [0.25, 0.3) is 0 Å². The van der Waals surface area contributed by atoms with Gasteiger partial charge >= 0.3 is 0 Å². The van der Waals surface area contributed by atoms with Crippen molar-refractivity contribution in [2.75, 3.05) is 32.9 Å². The minimum absolute atomic E-state index is 0.0151. The fourth-order valence-electron chi connectivity index (χ4n) is 5.85. The molecular formula is C32H36NO6PS. The van der Waals surface area contributed by atoms with Gasteiger partial charge in [0.15, 0.2) is 12.9 Å². The second-order valence-electron chi connectivity index (χ2n) is 11.0. The molecule has 3 aliphatic rings. The summed E-state index contributed by atoms with van der Waals surface area (Å²) >= 11 is 0. The first-order chi connectivity index (χ1) is 19.8. The minimum atomic E-state index is -3.90. The molecule has 0 N–H and O–H groups in total. The van der Waals surface area contributed by atoms with E-state index < -0.39 is 23.0 Å². The number of rotatable bonds is 9. The van der Waals surface area contributed by atoms with Crippen LogP contribution in [0.5, 0.6) is 0 Å². The van der Waals surface area contributed by atoms with E-state index in [1.807, 2.05) is 67.6 Å². The quantitative estimate of drug-likeness (QED) is 0.257. The lowest BCUT2D eigenvalue weighted by Crippen LogP contribution is -2.38. The highest BCUT2D eigenvalue weighted by Crippen LogP contribution is 2.56. The van der Waals surface area contributed by atoms with Crippen LogP contribution in [0.15, 0.2) is 101 Å². The molecule has 3 aromatic carbocycles. The van der Waals surface area contributed by atoms with E-state index in [1.165, 1.54) is 4.31 Å². The van der Waals surface area contributed by atoms with E-state index in [0.29, 0.717) is 61.4 Å². The van der Waals surface area contributed by atoms with Gasteiger partial charge in [-0.15, -0.1) is 0 Å². The summed E-state index contributed by atoms with van der Waals surface area (Å²) in [7, 11) is -7.35. The number of aryl methyl sites for hydroxylation is 1. The molecular weight excluding hydrogens is 557 g/mol. The second kappa shape index (κ2) is 11.6. The molecule has 2 heterocycles. The number of hydrogen-bond acceptors (Lipinski definition) is 6. The molecule has 0 radical (unpaired) electrons. The van der Waals surface area contributed by atoms with Gasteiger partial charge in [-0.3, -0.25) is 0 Å². The van der Waals surface area contributed by atoms with Gasteiger partial charge in [-0.2, -0.15) is 4.31 Å². The van der Waals surface area contributed by atoms with Gasteiger partial charge in [0.2, 0.25) is 10.0 Å². The van der Waals surface area contributed by atoms with Gasteiger partial charge in [-0.25, -0.2) is 8.42 Å². The fraction of sp³-hybridized carbons (Fsp3) is 0.375. The average molecular weight is 594 g/mol. The first-order valence-electron chi connectivity index (χ1n) is 14.2. The predicted octanol–water partition coefficient (Wildman–Crippen LogP) is 4.97. The summed E-state index contributed by atoms with van der Waals surface area (Å²) in [4.78, 5) is 0.220. The Balaban J connectivity index is 1.49. The van der Waals surface area contributed by atoms with Crippen molar-refractivity contribution in [3.8, 4) is 0 Å². The van der Waals surface area contributed by atoms with Crippen LogP contribution >= 0.6 is 7.14 Å². The van der Waals surface area contributed by atoms with Crippen molar-refractivity contribution in [2.45, 2.75) is 49.4 Å². The number of allylic oxidation sites excluding steroid dienone is 1. The van der Waals surface area contributed by atoms with E-state index in [1.54, 1.807) is 24.3 Å². The van der Waals surface area contributed by atoms with Gasteiger partial charge in [-0.05, 0) is 31.9 Å². The monoisotopic (exact) mass is 593 g/mol. The zero-order chi connectivity index (χ0) is 28.5. The maximum atomic E-state index is 15.7. The number of ether oxygens (including phenoxy) is 3. The number of epoxide rings is 1. The first-order valence-corrected chi connectivity index (χ1v) is 17.3. The number of sulfonamides is 1. The second-order valence-corrected chi connectivity index (χ2v) is 15.7. The third-order valence-electron chi connectivity index (χ3n) is 8.25. The van der Waals surface area contributed by atoms with Crippen LogP contribution in [-0.2, 0) is 28.8 Å². The summed E-state index contributed by atoms with van der Waals surface area (Å²) < 4.78 is 63.0. The molecule has 1 spiro atoms. The molecule has 3 fully saturated rings. The Morgan fingerprint density at radius 2 is 1.41 bits per heavy atom. The summed E-state index contributed by atoms with van der Waals surface area (Å²) in [5.74, 6) is -0.604. The van der Waals surface area contributed by atoms with E-state index in [-0.39, 0.29) is 24.1 Å². The van der Waals surface area contributed by atoms with E-state index in [9.17, 15) is 8.42 Å². The highest BCUT2D eigenvalue weighted by Gasteiger charge is 2.44. The van der Waals surface area contributed by atoms with Crippen LogP contribution in [-0.4, -0.2) is 57.5 Å². The van der Waals surface area contributed by atoms with Gasteiger partial charge in [0.1, 0.15) is 0 Å². The Hall–Kier alpha value is -2.58. The maximum absolute atomic E-state index is 15.7. The van der Waals surface area contributed by atoms with Gasteiger partial charge in [0.25, 0.3) is 0 Å². The fourth-order valence-corrected chi connectivity index (χ4v) is 10.5. The van der Waals surface area contributed by atoms with E-state index in [4.69, 9.17) is 14.2 Å². The summed E-state index contributed by atoms with van der Waals surface area (Å²) in [5, 5.41) is 2.06. The zero-order valence-corrected chi connectivity index (χ0v) is 25.0. The van der Waals surface area contributed by atoms with Crippen LogP contribution in [0.4, 0.5) is 0 Å². The van der Waals surface area contributed by atoms with Crippen LogP contribution in [0.2, 0.25) is 0 Å². The molecule has 2 saturated heterocycles. The Morgan fingerprint density at radius 1 is 0.878 bits per heavy atom. The Bertz CT molecular complexity index is 1490. The third kappa shape index (κ3) is 5.87. The third-order valence-corrected chi connectivity index (χ3v) is 13.3. The summed E-state index contributed by atoms with van der Waals surface area (Å²) in [6, 6.07) is 25.8. The highest BCUT2D eigenvalue weighted by molar-refractivity contribution is 7.89. The number of hydrogen-bond donors (Lipinski definition) is 0. The normalized spacial score (nSPS) is 20.4. The minimum Gasteiger partial charge on any atom is -0.372 e. The van der Waals surface area contributed by atoms with E-state index >= 15 is 4.57 Å². The Morgan fingerprint density at radius 3 is 1.93 bits per heavy atom. The summed E-state index contributed by atoms with van der Waals surface area (Å²) in [6.45, 7) is 3.80. The molecule has 2 aliphatic heterocycles. The predicted molar refractivity (Wildman–Crippen MR) is 160 cm³/mol. The highest BCUT2D eigenvalue weighted by atomic mass is 32.2. The molecule has 7 nitrogen and oxygen atoms in total. The smallest absolute Gasteiger partial charge is 0.243 e. The topological polar surface area (TPSA) is 85.4 Å². The van der Waals surface area contributed by atoms with Crippen LogP contribution < -0.4 is 10.6 Å². The lowest BCUT2D eigenvalue weighted by molar-refractivity contribution is -0.171. The van der Waals surface area contributed by atoms with Gasteiger partial charge in [0, 0.05) is 41.9 Å². The SMILES string of the molecule is Cc1ccc(S(=O)(=O)N(CC(=C2CCC3(CC2)OCCO3)P(=O)(c2ccccc2)c2ccccc2)CC2CO2)cc1. The van der Waals surface area contributed by atoms with Crippen LogP contribution in [0, 0.1) is 6.92 Å². The Labute approximate surface area is 242 Å². The van der Waals surface area contributed by atoms with Gasteiger partial charge in [0.05, 0.1) is 30.8 Å². The molecule has 1 saturated carbocycles. The number of benzene rings is 3. The first kappa shape index (κ1) is 28.5. The lowest BCUT2D eigenvalue weighted by atomic mass is 9.89. The van der Waals surface area contributed by atoms with Crippen molar-refractivity contribution in [1.82, 2.24) is 4.31 Å². The maximum Gasteiger partial charge on any atom is 0.243 e. The molecule has 3 aromatic rings. The van der Waals surface area contributed by atoms with E-state index in [2.05, 4.69) is 0 Å². The molecule has 1 unspecified atom stereocenters. The molecule has 9 heteroatoms.